The maximum atomic E-state index is 9.39. The number of nitrogens with zero attached hydrogens (tertiary/aromatic N) is 4. The summed E-state index contributed by atoms with van der Waals surface area (Å²) in [6, 6.07) is 3.02. The molecule has 3 unspecified atom stereocenters. The lowest BCUT2D eigenvalue weighted by Gasteiger charge is -2.43. The molecule has 3 rings (SSSR count). The smallest absolute Gasteiger partial charge is 0.185 e. The van der Waals surface area contributed by atoms with Crippen molar-refractivity contribution in [2.24, 2.45) is 11.8 Å². The monoisotopic (exact) mass is 290 g/mol. The van der Waals surface area contributed by atoms with Crippen LogP contribution in [-0.4, -0.2) is 42.1 Å². The minimum absolute atomic E-state index is 0.234. The Kier molecular flexibility index (Phi) is 4.23. The first-order valence-corrected chi connectivity index (χ1v) is 8.44. The third-order valence-electron chi connectivity index (χ3n) is 4.72. The number of thiazole rings is 1. The third-order valence-corrected chi connectivity index (χ3v) is 5.55. The lowest BCUT2D eigenvalue weighted by Crippen LogP contribution is -2.53. The van der Waals surface area contributed by atoms with E-state index in [4.69, 9.17) is 0 Å². The highest BCUT2D eigenvalue weighted by molar-refractivity contribution is 7.13. The van der Waals surface area contributed by atoms with Crippen LogP contribution in [0.2, 0.25) is 0 Å². The zero-order valence-corrected chi connectivity index (χ0v) is 12.9. The first kappa shape index (κ1) is 13.8. The largest absolute Gasteiger partial charge is 0.346 e. The summed E-state index contributed by atoms with van der Waals surface area (Å²) in [7, 11) is 0. The molecule has 1 aromatic rings. The summed E-state index contributed by atoms with van der Waals surface area (Å²) in [5, 5.41) is 12.6. The normalized spacial score (nSPS) is 32.0. The van der Waals surface area contributed by atoms with Crippen molar-refractivity contribution in [2.45, 2.75) is 32.2 Å². The van der Waals surface area contributed by atoms with E-state index in [0.29, 0.717) is 6.04 Å². The van der Waals surface area contributed by atoms with E-state index in [2.05, 4.69) is 27.8 Å². The highest BCUT2D eigenvalue weighted by atomic mass is 32.1. The van der Waals surface area contributed by atoms with Crippen LogP contribution in [0.25, 0.3) is 0 Å². The number of hydrogen-bond acceptors (Lipinski definition) is 5. The Bertz CT molecular complexity index is 459. The standard InChI is InChI=1S/C15H22N4S/c1-12-2-3-13(11-16)14(10-12)18-5-7-19(8-6-18)15-17-4-9-20-15/h4,9,12-14H,2-3,5-8,10H2,1H3. The summed E-state index contributed by atoms with van der Waals surface area (Å²) in [5.41, 5.74) is 0. The third kappa shape index (κ3) is 2.82. The molecule has 0 aromatic carbocycles. The van der Waals surface area contributed by atoms with E-state index in [-0.39, 0.29) is 5.92 Å². The van der Waals surface area contributed by atoms with E-state index in [1.807, 2.05) is 11.6 Å². The van der Waals surface area contributed by atoms with Crippen LogP contribution in [0.5, 0.6) is 0 Å². The van der Waals surface area contributed by atoms with Gasteiger partial charge in [-0.05, 0) is 25.2 Å². The molecular weight excluding hydrogens is 268 g/mol. The van der Waals surface area contributed by atoms with Gasteiger partial charge in [0.05, 0.1) is 12.0 Å². The summed E-state index contributed by atoms with van der Waals surface area (Å²) in [5.74, 6) is 0.999. The zero-order chi connectivity index (χ0) is 13.9. The first-order valence-electron chi connectivity index (χ1n) is 7.56. The van der Waals surface area contributed by atoms with Crippen molar-refractivity contribution in [1.82, 2.24) is 9.88 Å². The minimum Gasteiger partial charge on any atom is -0.346 e. The van der Waals surface area contributed by atoms with Crippen LogP contribution in [0.15, 0.2) is 11.6 Å². The number of aromatic nitrogens is 1. The summed E-state index contributed by atoms with van der Waals surface area (Å²) < 4.78 is 0. The van der Waals surface area contributed by atoms with Gasteiger partial charge in [0.15, 0.2) is 5.13 Å². The van der Waals surface area contributed by atoms with Gasteiger partial charge in [-0.15, -0.1) is 11.3 Å². The average molecular weight is 290 g/mol. The maximum absolute atomic E-state index is 9.39. The predicted molar refractivity (Wildman–Crippen MR) is 81.8 cm³/mol. The van der Waals surface area contributed by atoms with Crippen molar-refractivity contribution < 1.29 is 0 Å². The van der Waals surface area contributed by atoms with Gasteiger partial charge >= 0.3 is 0 Å². The van der Waals surface area contributed by atoms with Crippen LogP contribution in [0, 0.1) is 23.2 Å². The fourth-order valence-corrected chi connectivity index (χ4v) is 4.22. The molecule has 1 aliphatic heterocycles. The second-order valence-corrected chi connectivity index (χ2v) is 6.93. The summed E-state index contributed by atoms with van der Waals surface area (Å²) >= 11 is 1.72. The van der Waals surface area contributed by atoms with Gasteiger partial charge in [-0.25, -0.2) is 4.98 Å². The number of hydrogen-bond donors (Lipinski definition) is 0. The Labute approximate surface area is 125 Å². The summed E-state index contributed by atoms with van der Waals surface area (Å²) in [6.45, 7) is 6.53. The first-order chi connectivity index (χ1) is 9.78. The van der Waals surface area contributed by atoms with Gasteiger partial charge in [0.2, 0.25) is 0 Å². The van der Waals surface area contributed by atoms with E-state index >= 15 is 0 Å². The topological polar surface area (TPSA) is 43.2 Å². The lowest BCUT2D eigenvalue weighted by molar-refractivity contribution is 0.0995. The van der Waals surface area contributed by atoms with E-state index in [9.17, 15) is 5.26 Å². The molecule has 2 fully saturated rings. The second kappa shape index (κ2) is 6.11. The van der Waals surface area contributed by atoms with Crippen LogP contribution >= 0.6 is 11.3 Å². The molecule has 0 spiro atoms. The van der Waals surface area contributed by atoms with Crippen molar-refractivity contribution in [1.29, 1.82) is 5.26 Å². The van der Waals surface area contributed by atoms with Crippen LogP contribution in [0.4, 0.5) is 5.13 Å². The molecule has 20 heavy (non-hydrogen) atoms. The summed E-state index contributed by atoms with van der Waals surface area (Å²) in [4.78, 5) is 9.31. The number of nitriles is 1. The fourth-order valence-electron chi connectivity index (χ4n) is 3.52. The number of anilines is 1. The molecule has 1 aromatic heterocycles. The molecule has 0 bridgehead atoms. The number of rotatable bonds is 2. The zero-order valence-electron chi connectivity index (χ0n) is 12.0. The maximum Gasteiger partial charge on any atom is 0.185 e. The molecular formula is C15H22N4S. The van der Waals surface area contributed by atoms with Crippen molar-refractivity contribution in [2.75, 3.05) is 31.1 Å². The van der Waals surface area contributed by atoms with Crippen LogP contribution in [-0.2, 0) is 0 Å². The molecule has 2 aliphatic rings. The van der Waals surface area contributed by atoms with Gasteiger partial charge in [-0.3, -0.25) is 4.90 Å². The average Bonchev–Trinajstić information content (AvgIpc) is 3.02. The molecule has 108 valence electrons. The van der Waals surface area contributed by atoms with Gasteiger partial charge < -0.3 is 4.90 Å². The van der Waals surface area contributed by atoms with Crippen molar-refractivity contribution in [3.05, 3.63) is 11.6 Å². The molecule has 0 radical (unpaired) electrons. The Morgan fingerprint density at radius 3 is 2.75 bits per heavy atom. The van der Waals surface area contributed by atoms with Crippen molar-refractivity contribution in [3.8, 4) is 6.07 Å². The molecule has 2 heterocycles. The van der Waals surface area contributed by atoms with Gasteiger partial charge in [0.1, 0.15) is 0 Å². The predicted octanol–water partition coefficient (Wildman–Crippen LogP) is 2.59. The Balaban J connectivity index is 1.61. The summed E-state index contributed by atoms with van der Waals surface area (Å²) in [6.07, 6.45) is 5.36. The Morgan fingerprint density at radius 2 is 2.10 bits per heavy atom. The molecule has 1 saturated carbocycles. The van der Waals surface area contributed by atoms with Crippen LogP contribution in [0.3, 0.4) is 0 Å². The van der Waals surface area contributed by atoms with E-state index < -0.39 is 0 Å². The SMILES string of the molecule is CC1CCC(C#N)C(N2CCN(c3nccs3)CC2)C1. The van der Waals surface area contributed by atoms with Crippen molar-refractivity contribution in [3.63, 3.8) is 0 Å². The van der Waals surface area contributed by atoms with E-state index in [1.54, 1.807) is 11.3 Å². The van der Waals surface area contributed by atoms with E-state index in [1.165, 1.54) is 12.8 Å². The van der Waals surface area contributed by atoms with Gasteiger partial charge in [0, 0.05) is 43.8 Å². The van der Waals surface area contributed by atoms with Crippen LogP contribution < -0.4 is 4.90 Å². The van der Waals surface area contributed by atoms with Crippen molar-refractivity contribution >= 4 is 16.5 Å². The molecule has 0 amide bonds. The minimum atomic E-state index is 0.234. The molecule has 0 N–H and O–H groups in total. The highest BCUT2D eigenvalue weighted by Gasteiger charge is 2.34. The fraction of sp³-hybridized carbons (Fsp3) is 0.733. The molecule has 5 heteroatoms. The van der Waals surface area contributed by atoms with E-state index in [0.717, 1.165) is 43.6 Å². The van der Waals surface area contributed by atoms with Gasteiger partial charge in [-0.1, -0.05) is 6.92 Å². The molecule has 3 atom stereocenters. The molecule has 4 nitrogen and oxygen atoms in total. The second-order valence-electron chi connectivity index (χ2n) is 6.06. The number of piperazine rings is 1. The quantitative estimate of drug-likeness (QED) is 0.839. The highest BCUT2D eigenvalue weighted by Crippen LogP contribution is 2.32. The molecule has 1 aliphatic carbocycles. The lowest BCUT2D eigenvalue weighted by atomic mass is 9.79. The van der Waals surface area contributed by atoms with Crippen LogP contribution in [0.1, 0.15) is 26.2 Å². The van der Waals surface area contributed by atoms with Gasteiger partial charge in [-0.2, -0.15) is 5.26 Å². The molecule has 1 saturated heterocycles. The Hall–Kier alpha value is -1.12. The Morgan fingerprint density at radius 1 is 1.30 bits per heavy atom. The van der Waals surface area contributed by atoms with Gasteiger partial charge in [0.25, 0.3) is 0 Å².